The van der Waals surface area contributed by atoms with E-state index in [1.807, 2.05) is 36.4 Å². The van der Waals surface area contributed by atoms with Gasteiger partial charge in [0.25, 0.3) is 0 Å². The van der Waals surface area contributed by atoms with Gasteiger partial charge in [0.1, 0.15) is 11.9 Å². The summed E-state index contributed by atoms with van der Waals surface area (Å²) in [5, 5.41) is 15.8. The van der Waals surface area contributed by atoms with Crippen LogP contribution in [0, 0.1) is 16.0 Å². The van der Waals surface area contributed by atoms with Crippen LogP contribution in [0.3, 0.4) is 0 Å². The van der Waals surface area contributed by atoms with E-state index < -0.39 is 0 Å². The van der Waals surface area contributed by atoms with E-state index in [9.17, 15) is 10.1 Å². The molecule has 3 aromatic rings. The molecule has 1 heterocycles. The van der Waals surface area contributed by atoms with Crippen LogP contribution >= 0.6 is 15.9 Å². The number of unbranched alkanes of at least 4 members (excludes halogenated alkanes) is 2. The molecule has 0 fully saturated rings. The van der Waals surface area contributed by atoms with Crippen LogP contribution in [0.15, 0.2) is 53.1 Å². The van der Waals surface area contributed by atoms with Crippen molar-refractivity contribution in [3.63, 3.8) is 0 Å². The minimum Gasteiger partial charge on any atom is -0.349 e. The molecule has 1 unspecified atom stereocenters. The van der Waals surface area contributed by atoms with Gasteiger partial charge in [0.2, 0.25) is 0 Å². The topological polar surface area (TPSA) is 68.1 Å². The molecule has 5 nitrogen and oxygen atoms in total. The van der Waals surface area contributed by atoms with Crippen molar-refractivity contribution in [2.75, 3.05) is 5.32 Å². The number of nitrogens with zero attached hydrogens (tertiary/aromatic N) is 2. The maximum absolute atomic E-state index is 11.7. The third kappa shape index (κ3) is 6.26. The molecule has 0 spiro atoms. The molecular weight excluding hydrogens is 454 g/mol. The van der Waals surface area contributed by atoms with Crippen molar-refractivity contribution < 1.29 is 4.92 Å². The summed E-state index contributed by atoms with van der Waals surface area (Å²) in [5.41, 5.74) is 3.27. The quantitative estimate of drug-likeness (QED) is 0.169. The SMILES string of the molecule is CCCCCC(C)CCCc1ccccc1Nc1c([N+](=O)[O-])cnc2ccc(Br)cc12. The molecule has 0 radical (unpaired) electrons. The van der Waals surface area contributed by atoms with E-state index in [0.717, 1.165) is 39.8 Å². The molecule has 0 bridgehead atoms. The number of fused-ring (bicyclic) bond motifs is 1. The lowest BCUT2D eigenvalue weighted by molar-refractivity contribution is -0.384. The highest BCUT2D eigenvalue weighted by Crippen LogP contribution is 2.36. The Balaban J connectivity index is 1.81. The number of nitrogens with one attached hydrogen (secondary N) is 1. The van der Waals surface area contributed by atoms with Gasteiger partial charge in [-0.2, -0.15) is 0 Å². The predicted octanol–water partition coefficient (Wildman–Crippen LogP) is 8.19. The number of halogens is 1. The first-order valence-corrected chi connectivity index (χ1v) is 11.9. The first-order chi connectivity index (χ1) is 15.0. The molecule has 0 saturated carbocycles. The van der Waals surface area contributed by atoms with Gasteiger partial charge in [-0.05, 0) is 48.6 Å². The number of aryl methyl sites for hydroxylation is 1. The maximum Gasteiger partial charge on any atom is 0.311 e. The van der Waals surface area contributed by atoms with Crippen LogP contribution in [0.2, 0.25) is 0 Å². The second-order valence-electron chi connectivity index (χ2n) is 8.21. The van der Waals surface area contributed by atoms with Crippen molar-refractivity contribution >= 4 is 43.9 Å². The zero-order valence-corrected chi connectivity index (χ0v) is 19.8. The molecule has 164 valence electrons. The van der Waals surface area contributed by atoms with Gasteiger partial charge in [-0.1, -0.05) is 80.1 Å². The third-order valence-electron chi connectivity index (χ3n) is 5.73. The summed E-state index contributed by atoms with van der Waals surface area (Å²) in [6, 6.07) is 13.7. The van der Waals surface area contributed by atoms with E-state index >= 15 is 0 Å². The summed E-state index contributed by atoms with van der Waals surface area (Å²) in [6.45, 7) is 4.58. The summed E-state index contributed by atoms with van der Waals surface area (Å²) in [5.74, 6) is 0.731. The molecule has 31 heavy (non-hydrogen) atoms. The number of nitro groups is 1. The lowest BCUT2D eigenvalue weighted by Crippen LogP contribution is -2.02. The molecule has 3 rings (SSSR count). The Hall–Kier alpha value is -2.47. The fourth-order valence-electron chi connectivity index (χ4n) is 3.95. The molecule has 0 aliphatic carbocycles. The predicted molar refractivity (Wildman–Crippen MR) is 132 cm³/mol. The van der Waals surface area contributed by atoms with Gasteiger partial charge in [0.05, 0.1) is 10.4 Å². The van der Waals surface area contributed by atoms with Crippen LogP contribution in [0.25, 0.3) is 10.9 Å². The normalized spacial score (nSPS) is 12.1. The molecule has 1 atom stereocenters. The minimum absolute atomic E-state index is 0.0232. The van der Waals surface area contributed by atoms with Gasteiger partial charge in [-0.25, -0.2) is 4.98 Å². The number of rotatable bonds is 11. The first-order valence-electron chi connectivity index (χ1n) is 11.1. The van der Waals surface area contributed by atoms with Gasteiger partial charge in [-0.15, -0.1) is 0 Å². The van der Waals surface area contributed by atoms with E-state index in [0.29, 0.717) is 5.69 Å². The Kier molecular flexibility index (Phi) is 8.41. The Morgan fingerprint density at radius 2 is 1.90 bits per heavy atom. The van der Waals surface area contributed by atoms with Gasteiger partial charge in [0.15, 0.2) is 0 Å². The fourth-order valence-corrected chi connectivity index (χ4v) is 4.31. The summed E-state index contributed by atoms with van der Waals surface area (Å²) < 4.78 is 0.857. The molecule has 0 saturated heterocycles. The molecule has 0 aliphatic rings. The molecule has 0 aliphatic heterocycles. The van der Waals surface area contributed by atoms with Gasteiger partial charge in [-0.3, -0.25) is 10.1 Å². The van der Waals surface area contributed by atoms with E-state index in [-0.39, 0.29) is 10.6 Å². The van der Waals surface area contributed by atoms with Gasteiger partial charge >= 0.3 is 5.69 Å². The monoisotopic (exact) mass is 483 g/mol. The molecule has 6 heteroatoms. The minimum atomic E-state index is -0.379. The number of hydrogen-bond donors (Lipinski definition) is 1. The maximum atomic E-state index is 11.7. The van der Waals surface area contributed by atoms with E-state index in [1.165, 1.54) is 43.9 Å². The number of pyridine rings is 1. The largest absolute Gasteiger partial charge is 0.349 e. The Bertz CT molecular complexity index is 1040. The van der Waals surface area contributed by atoms with Crippen molar-refractivity contribution in [1.29, 1.82) is 0 Å². The highest BCUT2D eigenvalue weighted by atomic mass is 79.9. The highest BCUT2D eigenvalue weighted by molar-refractivity contribution is 9.10. The molecular formula is C25H30BrN3O2. The van der Waals surface area contributed by atoms with Crippen molar-refractivity contribution in [3.8, 4) is 0 Å². The Morgan fingerprint density at radius 3 is 2.68 bits per heavy atom. The second kappa shape index (κ2) is 11.2. The van der Waals surface area contributed by atoms with E-state index in [2.05, 4.69) is 46.1 Å². The number of para-hydroxylation sites is 1. The van der Waals surface area contributed by atoms with Gasteiger partial charge in [0, 0.05) is 15.5 Å². The van der Waals surface area contributed by atoms with Crippen LogP contribution in [-0.2, 0) is 6.42 Å². The van der Waals surface area contributed by atoms with Crippen molar-refractivity contribution in [3.05, 3.63) is 68.8 Å². The molecule has 0 amide bonds. The lowest BCUT2D eigenvalue weighted by Gasteiger charge is -2.15. The van der Waals surface area contributed by atoms with Crippen molar-refractivity contribution in [1.82, 2.24) is 4.98 Å². The summed E-state index contributed by atoms with van der Waals surface area (Å²) in [4.78, 5) is 15.6. The Morgan fingerprint density at radius 1 is 1.13 bits per heavy atom. The zero-order valence-electron chi connectivity index (χ0n) is 18.2. The highest BCUT2D eigenvalue weighted by Gasteiger charge is 2.19. The van der Waals surface area contributed by atoms with Gasteiger partial charge < -0.3 is 5.32 Å². The standard InChI is InChI=1S/C25H30BrN3O2/c1-3-4-5-9-18(2)10-8-12-19-11-6-7-13-22(19)28-25-21-16-20(26)14-15-23(21)27-17-24(25)29(30)31/h6-7,11,13-18H,3-5,8-10,12H2,1-2H3,(H,27,28). The van der Waals surface area contributed by atoms with Crippen LogP contribution in [0.1, 0.15) is 57.9 Å². The lowest BCUT2D eigenvalue weighted by atomic mass is 9.95. The smallest absolute Gasteiger partial charge is 0.311 e. The van der Waals surface area contributed by atoms with Crippen LogP contribution < -0.4 is 5.32 Å². The van der Waals surface area contributed by atoms with E-state index in [1.54, 1.807) is 0 Å². The summed E-state index contributed by atoms with van der Waals surface area (Å²) in [6.07, 6.45) is 9.76. The average molecular weight is 484 g/mol. The second-order valence-corrected chi connectivity index (χ2v) is 9.13. The number of hydrogen-bond acceptors (Lipinski definition) is 4. The number of aromatic nitrogens is 1. The third-order valence-corrected chi connectivity index (χ3v) is 6.22. The van der Waals surface area contributed by atoms with Crippen molar-refractivity contribution in [2.24, 2.45) is 5.92 Å². The zero-order chi connectivity index (χ0) is 22.2. The fraction of sp³-hybridized carbons (Fsp3) is 0.400. The first kappa shape index (κ1) is 23.2. The van der Waals surface area contributed by atoms with Crippen LogP contribution in [-0.4, -0.2) is 9.91 Å². The summed E-state index contributed by atoms with van der Waals surface area (Å²) in [7, 11) is 0. The van der Waals surface area contributed by atoms with Crippen LogP contribution in [0.5, 0.6) is 0 Å². The van der Waals surface area contributed by atoms with Crippen LogP contribution in [0.4, 0.5) is 17.1 Å². The Labute approximate surface area is 192 Å². The average Bonchev–Trinajstić information content (AvgIpc) is 2.75. The number of benzene rings is 2. The molecule has 1 N–H and O–H groups in total. The number of anilines is 2. The molecule has 2 aromatic carbocycles. The molecule has 1 aromatic heterocycles. The van der Waals surface area contributed by atoms with E-state index in [4.69, 9.17) is 0 Å². The summed E-state index contributed by atoms with van der Waals surface area (Å²) >= 11 is 3.47. The van der Waals surface area contributed by atoms with Crippen molar-refractivity contribution in [2.45, 2.75) is 58.8 Å².